The normalized spacial score (nSPS) is 19.1. The van der Waals surface area contributed by atoms with Crippen molar-refractivity contribution in [2.45, 2.75) is 152 Å². The monoisotopic (exact) mass is 817 g/mol. The number of hydrogen-bond acceptors (Lipinski definition) is 2. The van der Waals surface area contributed by atoms with Crippen LogP contribution in [-0.4, -0.2) is 9.97 Å². The fraction of sp³-hybridized carbons (Fsp3) is 0.400. The third-order valence-electron chi connectivity index (χ3n) is 14.9. The molecule has 0 saturated heterocycles. The Morgan fingerprint density at radius 2 is 0.468 bits per heavy atom. The molecule has 2 heteroatoms. The fourth-order valence-corrected chi connectivity index (χ4v) is 11.4. The summed E-state index contributed by atoms with van der Waals surface area (Å²) in [4.78, 5) is 11.2. The molecule has 0 unspecified atom stereocenters. The predicted octanol–water partition coefficient (Wildman–Crippen LogP) is 17.3. The molecule has 2 nitrogen and oxygen atoms in total. The minimum Gasteiger partial charge on any atom is -0.245 e. The highest BCUT2D eigenvalue weighted by atomic mass is 14.8. The Balaban J connectivity index is 1.16. The predicted molar refractivity (Wildman–Crippen MR) is 267 cm³/mol. The van der Waals surface area contributed by atoms with Crippen molar-refractivity contribution in [2.24, 2.45) is 0 Å². The van der Waals surface area contributed by atoms with Gasteiger partial charge in [0.25, 0.3) is 0 Å². The van der Waals surface area contributed by atoms with Crippen molar-refractivity contribution in [3.63, 3.8) is 0 Å². The Labute approximate surface area is 373 Å². The number of hydrogen-bond donors (Lipinski definition) is 0. The lowest BCUT2D eigenvalue weighted by Gasteiger charge is -2.23. The first-order valence-electron chi connectivity index (χ1n) is 24.8. The molecule has 1 aromatic heterocycles. The number of benzene rings is 4. The minimum atomic E-state index is 0.623. The number of nitrogens with zero attached hydrogens (tertiary/aromatic N) is 2. The average molecular weight is 817 g/mol. The van der Waals surface area contributed by atoms with Gasteiger partial charge < -0.3 is 0 Å². The van der Waals surface area contributed by atoms with Gasteiger partial charge in [-0.1, -0.05) is 198 Å². The number of rotatable bonds is 12. The average Bonchev–Trinajstić information content (AvgIpc) is 3.35. The molecule has 62 heavy (non-hydrogen) atoms. The van der Waals surface area contributed by atoms with E-state index in [1.807, 2.05) is 0 Å². The second kappa shape index (κ2) is 21.3. The van der Waals surface area contributed by atoms with E-state index in [2.05, 4.69) is 146 Å². The first-order chi connectivity index (χ1) is 30.8. The molecule has 4 saturated carbocycles. The summed E-state index contributed by atoms with van der Waals surface area (Å²) >= 11 is 0. The third kappa shape index (κ3) is 10.6. The second-order valence-corrected chi connectivity index (χ2v) is 19.0. The van der Waals surface area contributed by atoms with E-state index >= 15 is 0 Å². The van der Waals surface area contributed by atoms with Gasteiger partial charge in [0.2, 0.25) is 0 Å². The Morgan fingerprint density at radius 1 is 0.258 bits per heavy atom. The first-order valence-corrected chi connectivity index (χ1v) is 24.8. The summed E-state index contributed by atoms with van der Waals surface area (Å²) in [5.41, 5.74) is 14.8. The Hall–Kier alpha value is -5.08. The summed E-state index contributed by atoms with van der Waals surface area (Å²) in [6.07, 6.45) is 44.6. The topological polar surface area (TPSA) is 25.8 Å². The van der Waals surface area contributed by atoms with Gasteiger partial charge in [-0.3, -0.25) is 0 Å². The van der Waals surface area contributed by atoms with E-state index in [0.29, 0.717) is 23.7 Å². The van der Waals surface area contributed by atoms with Crippen LogP contribution in [0.2, 0.25) is 0 Å². The van der Waals surface area contributed by atoms with Crippen molar-refractivity contribution < 1.29 is 0 Å². The summed E-state index contributed by atoms with van der Waals surface area (Å²) in [6, 6.07) is 36.3. The van der Waals surface area contributed by atoms with E-state index < -0.39 is 0 Å². The summed E-state index contributed by atoms with van der Waals surface area (Å²) in [6.45, 7) is 0. The SMILES string of the molecule is C(=C\c1nc(/C=C/c2ccccc2C2CCCCC2)c(/C=C/c2ccccc2C2CCCCC2)nc1/C=C/c1ccccc1C1CCCCC1)/c1ccccc1C1CCCCC1. The Bertz CT molecular complexity index is 2020. The van der Waals surface area contributed by atoms with Crippen LogP contribution < -0.4 is 0 Å². The lowest BCUT2D eigenvalue weighted by Crippen LogP contribution is -2.06. The van der Waals surface area contributed by atoms with E-state index in [4.69, 9.17) is 9.97 Å². The van der Waals surface area contributed by atoms with Crippen molar-refractivity contribution in [3.8, 4) is 0 Å². The van der Waals surface area contributed by atoms with Gasteiger partial charge in [-0.25, -0.2) is 9.97 Å². The quantitative estimate of drug-likeness (QED) is 0.125. The van der Waals surface area contributed by atoms with Gasteiger partial charge in [-0.2, -0.15) is 0 Å². The van der Waals surface area contributed by atoms with Gasteiger partial charge in [0.15, 0.2) is 0 Å². The van der Waals surface area contributed by atoms with Crippen LogP contribution in [0.1, 0.15) is 219 Å². The van der Waals surface area contributed by atoms with Crippen molar-refractivity contribution in [1.82, 2.24) is 9.97 Å². The van der Waals surface area contributed by atoms with E-state index in [9.17, 15) is 0 Å². The lowest BCUT2D eigenvalue weighted by molar-refractivity contribution is 0.443. The highest BCUT2D eigenvalue weighted by Crippen LogP contribution is 2.39. The van der Waals surface area contributed by atoms with Crippen LogP contribution in [0, 0.1) is 0 Å². The van der Waals surface area contributed by atoms with Crippen LogP contribution in [0.15, 0.2) is 97.1 Å². The molecule has 4 aromatic carbocycles. The molecule has 0 atom stereocenters. The molecule has 4 fully saturated rings. The largest absolute Gasteiger partial charge is 0.245 e. The van der Waals surface area contributed by atoms with E-state index in [0.717, 1.165) is 22.8 Å². The Kier molecular flexibility index (Phi) is 14.5. The molecule has 0 aliphatic heterocycles. The van der Waals surface area contributed by atoms with Crippen molar-refractivity contribution in [2.75, 3.05) is 0 Å². The molecule has 4 aliphatic carbocycles. The molecular weight excluding hydrogens is 749 g/mol. The molecule has 1 heterocycles. The zero-order chi connectivity index (χ0) is 41.8. The van der Waals surface area contributed by atoms with Gasteiger partial charge in [-0.15, -0.1) is 0 Å². The zero-order valence-corrected chi connectivity index (χ0v) is 37.2. The number of aromatic nitrogens is 2. The van der Waals surface area contributed by atoms with Gasteiger partial charge in [-0.05, 0) is 144 Å². The van der Waals surface area contributed by atoms with Crippen molar-refractivity contribution >= 4 is 48.6 Å². The van der Waals surface area contributed by atoms with Gasteiger partial charge >= 0.3 is 0 Å². The highest BCUT2D eigenvalue weighted by Gasteiger charge is 2.21. The summed E-state index contributed by atoms with van der Waals surface area (Å²) in [5.74, 6) is 2.49. The molecular formula is C60H68N2. The molecule has 9 rings (SSSR count). The van der Waals surface area contributed by atoms with E-state index in [1.54, 1.807) is 0 Å². The molecule has 0 spiro atoms. The first kappa shape index (κ1) is 42.2. The Morgan fingerprint density at radius 3 is 0.694 bits per heavy atom. The van der Waals surface area contributed by atoms with Crippen molar-refractivity contribution in [3.05, 3.63) is 164 Å². The van der Waals surface area contributed by atoms with E-state index in [1.165, 1.54) is 173 Å². The van der Waals surface area contributed by atoms with Crippen LogP contribution in [0.4, 0.5) is 0 Å². The van der Waals surface area contributed by atoms with Crippen LogP contribution in [0.25, 0.3) is 48.6 Å². The van der Waals surface area contributed by atoms with Gasteiger partial charge in [0, 0.05) is 0 Å². The minimum absolute atomic E-state index is 0.623. The molecule has 0 amide bonds. The second-order valence-electron chi connectivity index (χ2n) is 19.0. The molecule has 0 N–H and O–H groups in total. The summed E-state index contributed by atoms with van der Waals surface area (Å²) in [5, 5.41) is 0. The maximum atomic E-state index is 5.60. The molecule has 0 radical (unpaired) electrons. The summed E-state index contributed by atoms with van der Waals surface area (Å²) in [7, 11) is 0. The molecule has 4 aliphatic rings. The maximum Gasteiger partial charge on any atom is 0.0894 e. The highest BCUT2D eigenvalue weighted by molar-refractivity contribution is 5.82. The fourth-order valence-electron chi connectivity index (χ4n) is 11.4. The standard InChI is InChI=1S/C60H68N2/c1-5-21-45(22-6-1)53-33-17-13-29-49(53)37-41-57-58(42-38-50-30-14-18-34-54(50)46-23-7-2-8-24-46)62-60(44-40-52-32-16-20-36-56(52)48-27-11-4-12-28-48)59(61-57)43-39-51-31-15-19-35-55(51)47-25-9-3-10-26-47/h13-20,29-48H,1-12,21-28H2/b41-37+,42-38+,43-39+,44-40+. The zero-order valence-electron chi connectivity index (χ0n) is 37.2. The molecule has 318 valence electrons. The van der Waals surface area contributed by atoms with Crippen LogP contribution in [0.3, 0.4) is 0 Å². The van der Waals surface area contributed by atoms with Crippen LogP contribution in [-0.2, 0) is 0 Å². The van der Waals surface area contributed by atoms with Gasteiger partial charge in [0.1, 0.15) is 0 Å². The molecule has 0 bridgehead atoms. The van der Waals surface area contributed by atoms with Crippen molar-refractivity contribution in [1.29, 1.82) is 0 Å². The smallest absolute Gasteiger partial charge is 0.0894 e. The van der Waals surface area contributed by atoms with Crippen LogP contribution >= 0.6 is 0 Å². The lowest BCUT2D eigenvalue weighted by atomic mass is 9.82. The maximum absolute atomic E-state index is 5.60. The molecule has 5 aromatic rings. The third-order valence-corrected chi connectivity index (χ3v) is 14.9. The van der Waals surface area contributed by atoms with Crippen LogP contribution in [0.5, 0.6) is 0 Å². The van der Waals surface area contributed by atoms with Gasteiger partial charge in [0.05, 0.1) is 22.8 Å². The summed E-state index contributed by atoms with van der Waals surface area (Å²) < 4.78 is 0. The van der Waals surface area contributed by atoms with E-state index in [-0.39, 0.29) is 0 Å².